The second kappa shape index (κ2) is 7.17. The zero-order chi connectivity index (χ0) is 11.7. The second-order valence-electron chi connectivity index (χ2n) is 2.71. The molecule has 84 valence electrons. The maximum absolute atomic E-state index is 10.2. The highest BCUT2D eigenvalue weighted by atomic mass is 32.2. The molecule has 1 aromatic rings. The van der Waals surface area contributed by atoms with Crippen molar-refractivity contribution in [3.63, 3.8) is 0 Å². The zero-order valence-corrected chi connectivity index (χ0v) is 9.41. The van der Waals surface area contributed by atoms with E-state index in [1.807, 2.05) is 13.0 Å². The number of quaternary nitrogens is 1. The average Bonchev–Trinajstić information content (AvgIpc) is 2.17. The first-order valence-electron chi connectivity index (χ1n) is 4.48. The lowest BCUT2D eigenvalue weighted by molar-refractivity contribution is -0.361. The predicted molar refractivity (Wildman–Crippen MR) is 58.6 cm³/mol. The maximum Gasteiger partial charge on any atom is 0.117 e. The monoisotopic (exact) mass is 229 g/mol. The average molecular weight is 229 g/mol. The summed E-state index contributed by atoms with van der Waals surface area (Å²) < 4.78 is 30.5. The van der Waals surface area contributed by atoms with Crippen LogP contribution in [0, 0.1) is 0 Å². The lowest BCUT2D eigenvalue weighted by atomic mass is 10.2. The summed E-state index contributed by atoms with van der Waals surface area (Å²) in [4.78, 5) is 0. The third kappa shape index (κ3) is 9.14. The summed E-state index contributed by atoms with van der Waals surface area (Å²) in [5.41, 5.74) is 4.18. The van der Waals surface area contributed by atoms with Crippen molar-refractivity contribution in [1.82, 2.24) is 0 Å². The smallest absolute Gasteiger partial charge is 0.117 e. The molecule has 0 bridgehead atoms. The lowest BCUT2D eigenvalue weighted by Crippen LogP contribution is -2.48. The molecule has 0 spiro atoms. The van der Waals surface area contributed by atoms with Crippen LogP contribution in [0.4, 0.5) is 0 Å². The van der Waals surface area contributed by atoms with Crippen LogP contribution in [0.3, 0.4) is 0 Å². The number of hydrogen-bond acceptors (Lipinski definition) is 3. The minimum absolute atomic E-state index is 0.641. The summed E-state index contributed by atoms with van der Waals surface area (Å²) in [5.74, 6) is 0. The van der Waals surface area contributed by atoms with Gasteiger partial charge in [-0.3, -0.25) is 0 Å². The molecule has 4 nitrogen and oxygen atoms in total. The summed E-state index contributed by atoms with van der Waals surface area (Å²) >= 11 is 0. The first-order valence-corrected chi connectivity index (χ1v) is 5.95. The van der Waals surface area contributed by atoms with E-state index in [4.69, 9.17) is 0 Å². The van der Waals surface area contributed by atoms with Crippen molar-refractivity contribution < 1.29 is 18.7 Å². The van der Waals surface area contributed by atoms with Crippen LogP contribution >= 0.6 is 0 Å². The van der Waals surface area contributed by atoms with Crippen LogP contribution in [0.25, 0.3) is 6.08 Å². The molecule has 15 heavy (non-hydrogen) atoms. The van der Waals surface area contributed by atoms with Gasteiger partial charge in [0.25, 0.3) is 0 Å². The van der Waals surface area contributed by atoms with Crippen molar-refractivity contribution in [2.45, 2.75) is 6.92 Å². The number of hydrogen-bond donors (Lipinski definition) is 1. The highest BCUT2D eigenvalue weighted by Crippen LogP contribution is 2.01. The van der Waals surface area contributed by atoms with Gasteiger partial charge in [0.05, 0.1) is 6.54 Å². The molecule has 0 heterocycles. The molecule has 0 saturated heterocycles. The van der Waals surface area contributed by atoms with Crippen molar-refractivity contribution in [1.29, 1.82) is 0 Å². The topological polar surface area (TPSA) is 84.8 Å². The molecule has 0 aliphatic carbocycles. The Bertz CT molecular complexity index is 384. The maximum atomic E-state index is 10.2. The summed E-state index contributed by atoms with van der Waals surface area (Å²) in [6.07, 6.45) is 1.27. The van der Waals surface area contributed by atoms with Crippen LogP contribution in [0.2, 0.25) is 0 Å². The van der Waals surface area contributed by atoms with E-state index in [0.29, 0.717) is 11.0 Å². The number of rotatable bonds is 2. The van der Waals surface area contributed by atoms with Gasteiger partial charge in [0.1, 0.15) is 10.1 Å². The summed E-state index contributed by atoms with van der Waals surface area (Å²) in [5, 5.41) is 0.641. The Morgan fingerprint density at radius 2 is 1.80 bits per heavy atom. The van der Waals surface area contributed by atoms with Gasteiger partial charge < -0.3 is 10.3 Å². The van der Waals surface area contributed by atoms with E-state index in [1.165, 1.54) is 6.08 Å². The molecule has 3 N–H and O–H groups in total. The highest BCUT2D eigenvalue weighted by molar-refractivity contribution is 7.88. The molecule has 1 rings (SSSR count). The molecule has 0 saturated carbocycles. The van der Waals surface area contributed by atoms with Gasteiger partial charge in [0.15, 0.2) is 0 Å². The van der Waals surface area contributed by atoms with Crippen molar-refractivity contribution >= 4 is 16.2 Å². The zero-order valence-electron chi connectivity index (χ0n) is 8.59. The van der Waals surface area contributed by atoms with Crippen molar-refractivity contribution in [2.75, 3.05) is 6.54 Å². The molecule has 0 unspecified atom stereocenters. The Balaban J connectivity index is 0.000000583. The molecule has 0 aromatic heterocycles. The molecule has 0 amide bonds. The minimum Gasteiger partial charge on any atom is -0.744 e. The SMILES string of the molecule is CC[NH3+].O=S(=O)([O-])C=Cc1ccccc1. The fourth-order valence-corrected chi connectivity index (χ4v) is 1.05. The Hall–Kier alpha value is -1.17. The Morgan fingerprint density at radius 1 is 1.33 bits per heavy atom. The van der Waals surface area contributed by atoms with Crippen LogP contribution in [0.15, 0.2) is 35.7 Å². The Morgan fingerprint density at radius 3 is 2.20 bits per heavy atom. The van der Waals surface area contributed by atoms with Gasteiger partial charge in [-0.1, -0.05) is 30.3 Å². The molecule has 0 aliphatic heterocycles. The quantitative estimate of drug-likeness (QED) is 0.747. The fourth-order valence-electron chi connectivity index (χ4n) is 0.726. The van der Waals surface area contributed by atoms with E-state index in [-0.39, 0.29) is 0 Å². The van der Waals surface area contributed by atoms with E-state index in [2.05, 4.69) is 5.73 Å². The Labute approximate surface area is 90.2 Å². The van der Waals surface area contributed by atoms with E-state index >= 15 is 0 Å². The third-order valence-electron chi connectivity index (χ3n) is 1.23. The van der Waals surface area contributed by atoms with Gasteiger partial charge in [0.2, 0.25) is 0 Å². The van der Waals surface area contributed by atoms with Gasteiger partial charge in [-0.2, -0.15) is 0 Å². The number of benzene rings is 1. The first kappa shape index (κ1) is 13.8. The van der Waals surface area contributed by atoms with Gasteiger partial charge >= 0.3 is 0 Å². The molecule has 0 fully saturated rings. The normalized spacial score (nSPS) is 10.9. The molecule has 0 aliphatic rings. The molecule has 0 atom stereocenters. The summed E-state index contributed by atoms with van der Waals surface area (Å²) in [7, 11) is -4.25. The van der Waals surface area contributed by atoms with Gasteiger partial charge in [0, 0.05) is 5.41 Å². The van der Waals surface area contributed by atoms with E-state index in [0.717, 1.165) is 6.54 Å². The lowest BCUT2D eigenvalue weighted by Gasteiger charge is -1.97. The largest absolute Gasteiger partial charge is 0.744 e. The van der Waals surface area contributed by atoms with Gasteiger partial charge in [-0.05, 0) is 18.6 Å². The van der Waals surface area contributed by atoms with Gasteiger partial charge in [-0.15, -0.1) is 0 Å². The van der Waals surface area contributed by atoms with Crippen LogP contribution < -0.4 is 5.73 Å². The molecular formula is C10H15NO3S. The van der Waals surface area contributed by atoms with E-state index < -0.39 is 10.1 Å². The van der Waals surface area contributed by atoms with Crippen LogP contribution in [0.1, 0.15) is 12.5 Å². The minimum atomic E-state index is -4.25. The Kier molecular flexibility index (Phi) is 6.61. The first-order chi connectivity index (χ1) is 6.99. The van der Waals surface area contributed by atoms with Crippen molar-refractivity contribution in [3.05, 3.63) is 41.3 Å². The summed E-state index contributed by atoms with van der Waals surface area (Å²) in [6, 6.07) is 8.75. The molecule has 0 radical (unpaired) electrons. The predicted octanol–water partition coefficient (Wildman–Crippen LogP) is 0.451. The molecule has 5 heteroatoms. The van der Waals surface area contributed by atoms with Crippen LogP contribution in [-0.2, 0) is 10.1 Å². The van der Waals surface area contributed by atoms with E-state index in [1.54, 1.807) is 24.3 Å². The van der Waals surface area contributed by atoms with Crippen molar-refractivity contribution in [2.24, 2.45) is 0 Å². The summed E-state index contributed by atoms with van der Waals surface area (Å²) in [6.45, 7) is 3.01. The fraction of sp³-hybridized carbons (Fsp3) is 0.200. The van der Waals surface area contributed by atoms with Crippen LogP contribution in [0.5, 0.6) is 0 Å². The van der Waals surface area contributed by atoms with Crippen molar-refractivity contribution in [3.8, 4) is 0 Å². The molecule has 1 aromatic carbocycles. The van der Waals surface area contributed by atoms with Gasteiger partial charge in [-0.25, -0.2) is 8.42 Å². The van der Waals surface area contributed by atoms with E-state index in [9.17, 15) is 13.0 Å². The second-order valence-corrected chi connectivity index (χ2v) is 3.96. The third-order valence-corrected chi connectivity index (χ3v) is 1.70. The van der Waals surface area contributed by atoms with Crippen LogP contribution in [-0.4, -0.2) is 19.5 Å². The molecular weight excluding hydrogens is 214 g/mol. The standard InChI is InChI=1S/C8H8O3S.C2H7N/c9-12(10,11)7-6-8-4-2-1-3-5-8;1-2-3/h1-7H,(H,9,10,11);2-3H2,1H3. The highest BCUT2D eigenvalue weighted by Gasteiger charge is 1.85.